The number of amides is 1. The van der Waals surface area contributed by atoms with Crippen LogP contribution in [0.5, 0.6) is 0 Å². The molecule has 2 saturated heterocycles. The monoisotopic (exact) mass is 417 g/mol. The van der Waals surface area contributed by atoms with Gasteiger partial charge in [0.15, 0.2) is 0 Å². The zero-order valence-electron chi connectivity index (χ0n) is 16.3. The number of benzene rings is 1. The molecule has 2 aliphatic heterocycles. The lowest BCUT2D eigenvalue weighted by Gasteiger charge is -2.35. The summed E-state index contributed by atoms with van der Waals surface area (Å²) >= 11 is 0. The number of hydrogen-bond acceptors (Lipinski definition) is 4. The van der Waals surface area contributed by atoms with E-state index in [1.807, 2.05) is 12.1 Å². The number of halogens is 2. The molecule has 2 heterocycles. The molecule has 7 heteroatoms. The second kappa shape index (κ2) is 11.1. The second-order valence-corrected chi connectivity index (χ2v) is 7.64. The number of rotatable bonds is 5. The third-order valence-electron chi connectivity index (χ3n) is 5.72. The maximum atomic E-state index is 13.0. The molecule has 27 heavy (non-hydrogen) atoms. The van der Waals surface area contributed by atoms with Gasteiger partial charge in [-0.25, -0.2) is 0 Å². The van der Waals surface area contributed by atoms with E-state index < -0.39 is 5.41 Å². The summed E-state index contributed by atoms with van der Waals surface area (Å²) in [5, 5.41) is 6.48. The third kappa shape index (κ3) is 5.98. The first-order valence-corrected chi connectivity index (χ1v) is 9.49. The van der Waals surface area contributed by atoms with Gasteiger partial charge in [0.25, 0.3) is 0 Å². The van der Waals surface area contributed by atoms with Crippen molar-refractivity contribution in [1.82, 2.24) is 5.32 Å². The van der Waals surface area contributed by atoms with Crippen LogP contribution in [0.25, 0.3) is 0 Å². The van der Waals surface area contributed by atoms with E-state index in [9.17, 15) is 4.79 Å². The van der Waals surface area contributed by atoms with E-state index in [1.165, 1.54) is 18.5 Å². The smallest absolute Gasteiger partial charge is 0.233 e. The number of ether oxygens (including phenoxy) is 1. The van der Waals surface area contributed by atoms with Crippen LogP contribution < -0.4 is 15.5 Å². The molecule has 5 nitrogen and oxygen atoms in total. The number of nitrogens with one attached hydrogen (secondary N) is 2. The summed E-state index contributed by atoms with van der Waals surface area (Å²) in [7, 11) is 1.68. The Morgan fingerprint density at radius 2 is 1.93 bits per heavy atom. The zero-order valence-corrected chi connectivity index (χ0v) is 18.0. The van der Waals surface area contributed by atoms with Gasteiger partial charge in [-0.3, -0.25) is 4.79 Å². The van der Waals surface area contributed by atoms with Gasteiger partial charge in [0, 0.05) is 31.6 Å². The third-order valence-corrected chi connectivity index (χ3v) is 5.72. The highest BCUT2D eigenvalue weighted by Crippen LogP contribution is 2.32. The largest absolute Gasteiger partial charge is 0.384 e. The van der Waals surface area contributed by atoms with E-state index in [1.54, 1.807) is 7.11 Å². The highest BCUT2D eigenvalue weighted by Gasteiger charge is 2.39. The van der Waals surface area contributed by atoms with Crippen molar-refractivity contribution >= 4 is 42.1 Å². The quantitative estimate of drug-likeness (QED) is 0.766. The zero-order chi connectivity index (χ0) is 17.7. The Labute approximate surface area is 175 Å². The number of carbonyl (C=O) groups is 1. The minimum absolute atomic E-state index is 0. The molecule has 1 amide bonds. The van der Waals surface area contributed by atoms with Gasteiger partial charge in [-0.05, 0) is 62.9 Å². The van der Waals surface area contributed by atoms with E-state index in [2.05, 4.69) is 34.6 Å². The summed E-state index contributed by atoms with van der Waals surface area (Å²) in [5.41, 5.74) is 1.67. The summed E-state index contributed by atoms with van der Waals surface area (Å²) in [6.45, 7) is 6.72. The fraction of sp³-hybridized carbons (Fsp3) is 0.650. The van der Waals surface area contributed by atoms with Crippen molar-refractivity contribution in [3.63, 3.8) is 0 Å². The lowest BCUT2D eigenvalue weighted by Crippen LogP contribution is -2.47. The highest BCUT2D eigenvalue weighted by molar-refractivity contribution is 5.96. The molecular weight excluding hydrogens is 385 g/mol. The number of methoxy groups -OCH3 is 1. The van der Waals surface area contributed by atoms with E-state index >= 15 is 0 Å². The van der Waals surface area contributed by atoms with Crippen molar-refractivity contribution in [3.05, 3.63) is 24.3 Å². The van der Waals surface area contributed by atoms with Crippen molar-refractivity contribution in [2.45, 2.75) is 32.6 Å². The molecule has 0 unspecified atom stereocenters. The molecule has 1 aromatic carbocycles. The first kappa shape index (κ1) is 24.0. The number of anilines is 2. The fourth-order valence-electron chi connectivity index (χ4n) is 3.93. The predicted octanol–water partition coefficient (Wildman–Crippen LogP) is 3.72. The van der Waals surface area contributed by atoms with Gasteiger partial charge in [-0.1, -0.05) is 13.0 Å². The summed E-state index contributed by atoms with van der Waals surface area (Å²) < 4.78 is 5.38. The molecule has 1 aromatic rings. The Morgan fingerprint density at radius 1 is 1.26 bits per heavy atom. The van der Waals surface area contributed by atoms with Crippen molar-refractivity contribution < 1.29 is 9.53 Å². The molecule has 2 fully saturated rings. The summed E-state index contributed by atoms with van der Waals surface area (Å²) in [4.78, 5) is 15.4. The highest BCUT2D eigenvalue weighted by atomic mass is 35.5. The van der Waals surface area contributed by atoms with E-state index in [4.69, 9.17) is 4.74 Å². The van der Waals surface area contributed by atoms with Crippen LogP contribution in [0.2, 0.25) is 0 Å². The molecule has 2 N–H and O–H groups in total. The standard InChI is InChI=1S/C20H31N3O2.2ClH/c1-16-6-12-23(13-7-16)18-5-3-4-17(14-18)22-19(24)20(15-25-2)8-10-21-11-9-20;;/h3-5,14,16,21H,6-13,15H2,1-2H3,(H,22,24);2*1H. The molecule has 2 aliphatic rings. The Kier molecular flexibility index (Phi) is 9.88. The van der Waals surface area contributed by atoms with Gasteiger partial charge in [0.05, 0.1) is 12.0 Å². The van der Waals surface area contributed by atoms with Crippen LogP contribution in [0.4, 0.5) is 11.4 Å². The summed E-state index contributed by atoms with van der Waals surface area (Å²) in [6.07, 6.45) is 4.10. The number of nitrogens with zero attached hydrogens (tertiary/aromatic N) is 1. The minimum Gasteiger partial charge on any atom is -0.384 e. The van der Waals surface area contributed by atoms with Gasteiger partial charge in [0.1, 0.15) is 0 Å². The number of carbonyl (C=O) groups excluding carboxylic acids is 1. The average molecular weight is 418 g/mol. The molecule has 0 radical (unpaired) electrons. The normalized spacial score (nSPS) is 19.6. The molecule has 0 bridgehead atoms. The molecule has 0 saturated carbocycles. The lowest BCUT2D eigenvalue weighted by atomic mass is 9.78. The minimum atomic E-state index is -0.420. The molecule has 0 aromatic heterocycles. The van der Waals surface area contributed by atoms with E-state index in [0.29, 0.717) is 6.61 Å². The van der Waals surface area contributed by atoms with E-state index in [-0.39, 0.29) is 30.7 Å². The van der Waals surface area contributed by atoms with Crippen LogP contribution in [-0.2, 0) is 9.53 Å². The van der Waals surface area contributed by atoms with Crippen LogP contribution in [-0.4, -0.2) is 45.8 Å². The Balaban J connectivity index is 0.00000182. The Morgan fingerprint density at radius 3 is 2.56 bits per heavy atom. The fourth-order valence-corrected chi connectivity index (χ4v) is 3.93. The van der Waals surface area contributed by atoms with Crippen LogP contribution in [0.15, 0.2) is 24.3 Å². The average Bonchev–Trinajstić information content (AvgIpc) is 2.63. The van der Waals surface area contributed by atoms with Crippen LogP contribution in [0.1, 0.15) is 32.6 Å². The van der Waals surface area contributed by atoms with E-state index in [0.717, 1.165) is 50.6 Å². The number of hydrogen-bond donors (Lipinski definition) is 2. The van der Waals surface area contributed by atoms with Gasteiger partial charge >= 0.3 is 0 Å². The van der Waals surface area contributed by atoms with Gasteiger partial charge in [0.2, 0.25) is 5.91 Å². The number of piperidine rings is 2. The summed E-state index contributed by atoms with van der Waals surface area (Å²) in [6, 6.07) is 8.26. The molecule has 0 spiro atoms. The molecule has 154 valence electrons. The van der Waals surface area contributed by atoms with Gasteiger partial charge in [-0.2, -0.15) is 0 Å². The Hall–Kier alpha value is -1.01. The molecule has 0 aliphatic carbocycles. The van der Waals surface area contributed by atoms with Crippen molar-refractivity contribution in [2.24, 2.45) is 11.3 Å². The first-order valence-electron chi connectivity index (χ1n) is 9.49. The van der Waals surface area contributed by atoms with Crippen LogP contribution >= 0.6 is 24.8 Å². The predicted molar refractivity (Wildman–Crippen MR) is 117 cm³/mol. The topological polar surface area (TPSA) is 53.6 Å². The van der Waals surface area contributed by atoms with Gasteiger partial charge < -0.3 is 20.3 Å². The maximum absolute atomic E-state index is 13.0. The second-order valence-electron chi connectivity index (χ2n) is 7.64. The van der Waals surface area contributed by atoms with Crippen molar-refractivity contribution in [1.29, 1.82) is 0 Å². The molecule has 0 atom stereocenters. The summed E-state index contributed by atoms with van der Waals surface area (Å²) in [5.74, 6) is 0.896. The van der Waals surface area contributed by atoms with Crippen LogP contribution in [0.3, 0.4) is 0 Å². The van der Waals surface area contributed by atoms with Gasteiger partial charge in [-0.15, -0.1) is 24.8 Å². The van der Waals surface area contributed by atoms with Crippen LogP contribution in [0, 0.1) is 11.3 Å². The first-order chi connectivity index (χ1) is 12.1. The van der Waals surface area contributed by atoms with Crippen molar-refractivity contribution in [2.75, 3.05) is 50.1 Å². The SMILES string of the molecule is COCC1(C(=O)Nc2cccc(N3CCC(C)CC3)c2)CCNCC1.Cl.Cl. The maximum Gasteiger partial charge on any atom is 0.233 e. The Bertz CT molecular complexity index is 581. The lowest BCUT2D eigenvalue weighted by molar-refractivity contribution is -0.130. The van der Waals surface area contributed by atoms with Crippen molar-refractivity contribution in [3.8, 4) is 0 Å². The molecular formula is C20H33Cl2N3O2. The molecule has 3 rings (SSSR count).